The molecule has 1 atom stereocenters. The minimum atomic E-state index is -0.0704. The van der Waals surface area contributed by atoms with Crippen molar-refractivity contribution in [3.63, 3.8) is 0 Å². The van der Waals surface area contributed by atoms with E-state index >= 15 is 0 Å². The molecule has 3 aliphatic rings. The quantitative estimate of drug-likeness (QED) is 0.629. The van der Waals surface area contributed by atoms with Crippen molar-refractivity contribution in [3.05, 3.63) is 21.6 Å². The number of hydrogen-bond acceptors (Lipinski definition) is 8. The first-order chi connectivity index (χ1) is 15.2. The Morgan fingerprint density at radius 2 is 2.00 bits per heavy atom. The standard InChI is InChI=1S/C21H29N5O3S2/c27-18(25-8-3-1-2-4-9-25)14-30-21-23-26-19(28)16-13-24(12-15-6-5-11-29-15)10-7-17(16)22-20(26)31-21/h15H,1-14H2/t15-/m1/s1. The summed E-state index contributed by atoms with van der Waals surface area (Å²) < 4.78 is 7.92. The van der Waals surface area contributed by atoms with E-state index in [-0.39, 0.29) is 17.6 Å². The molecule has 0 spiro atoms. The Morgan fingerprint density at radius 1 is 1.16 bits per heavy atom. The number of likely N-dealkylation sites (tertiary alicyclic amines) is 1. The van der Waals surface area contributed by atoms with Crippen LogP contribution >= 0.6 is 23.1 Å². The number of nitrogens with zero attached hydrogens (tertiary/aromatic N) is 5. The molecule has 31 heavy (non-hydrogen) atoms. The van der Waals surface area contributed by atoms with Gasteiger partial charge in [0.1, 0.15) is 0 Å². The van der Waals surface area contributed by atoms with Gasteiger partial charge in [-0.15, -0.1) is 5.10 Å². The summed E-state index contributed by atoms with van der Waals surface area (Å²) in [5.74, 6) is 0.527. The number of amides is 1. The van der Waals surface area contributed by atoms with E-state index in [0.29, 0.717) is 17.3 Å². The third kappa shape index (κ3) is 4.81. The molecule has 1 amide bonds. The van der Waals surface area contributed by atoms with Crippen molar-refractivity contribution in [3.8, 4) is 0 Å². The maximum Gasteiger partial charge on any atom is 0.279 e. The Kier molecular flexibility index (Phi) is 6.59. The molecule has 2 aromatic rings. The van der Waals surface area contributed by atoms with Crippen LogP contribution in [0.15, 0.2) is 9.13 Å². The molecular formula is C21H29N5O3S2. The monoisotopic (exact) mass is 463 g/mol. The number of carbonyl (C=O) groups is 1. The fourth-order valence-electron chi connectivity index (χ4n) is 4.66. The fourth-order valence-corrected chi connectivity index (χ4v) is 6.51. The molecule has 2 saturated heterocycles. The lowest BCUT2D eigenvalue weighted by Gasteiger charge is -2.29. The third-order valence-corrected chi connectivity index (χ3v) is 8.41. The number of carbonyl (C=O) groups excluding carboxylic acids is 1. The molecule has 0 bridgehead atoms. The van der Waals surface area contributed by atoms with Crippen molar-refractivity contribution in [2.45, 2.75) is 61.9 Å². The normalized spacial score (nSPS) is 22.6. The highest BCUT2D eigenvalue weighted by atomic mass is 32.2. The number of fused-ring (bicyclic) bond motifs is 2. The minimum Gasteiger partial charge on any atom is -0.377 e. The third-order valence-electron chi connectivity index (χ3n) is 6.38. The van der Waals surface area contributed by atoms with E-state index in [9.17, 15) is 9.59 Å². The number of hydrogen-bond donors (Lipinski definition) is 0. The number of thioether (sulfide) groups is 1. The average Bonchev–Trinajstić information content (AvgIpc) is 3.35. The molecule has 3 aliphatic heterocycles. The Morgan fingerprint density at radius 3 is 2.77 bits per heavy atom. The van der Waals surface area contributed by atoms with Crippen LogP contribution in [0.5, 0.6) is 0 Å². The summed E-state index contributed by atoms with van der Waals surface area (Å²) in [6, 6.07) is 0. The topological polar surface area (TPSA) is 80.0 Å². The van der Waals surface area contributed by atoms with E-state index in [1.807, 2.05) is 4.90 Å². The molecule has 2 fully saturated rings. The predicted molar refractivity (Wildman–Crippen MR) is 121 cm³/mol. The highest BCUT2D eigenvalue weighted by molar-refractivity contribution is 8.01. The number of rotatable bonds is 5. The molecule has 0 aliphatic carbocycles. The van der Waals surface area contributed by atoms with Gasteiger partial charge in [0, 0.05) is 45.8 Å². The first-order valence-electron chi connectivity index (χ1n) is 11.3. The van der Waals surface area contributed by atoms with Crippen LogP contribution in [-0.4, -0.2) is 74.9 Å². The summed E-state index contributed by atoms with van der Waals surface area (Å²) in [6.45, 7) is 4.94. The Labute approximate surface area is 190 Å². The van der Waals surface area contributed by atoms with E-state index in [2.05, 4.69) is 10.00 Å². The molecule has 8 nitrogen and oxygen atoms in total. The van der Waals surface area contributed by atoms with Crippen molar-refractivity contribution < 1.29 is 9.53 Å². The van der Waals surface area contributed by atoms with E-state index in [1.54, 1.807) is 0 Å². The van der Waals surface area contributed by atoms with Crippen molar-refractivity contribution in [2.24, 2.45) is 0 Å². The highest BCUT2D eigenvalue weighted by Gasteiger charge is 2.26. The lowest BCUT2D eigenvalue weighted by atomic mass is 10.1. The molecule has 0 N–H and O–H groups in total. The van der Waals surface area contributed by atoms with Crippen LogP contribution in [0.3, 0.4) is 0 Å². The second-order valence-electron chi connectivity index (χ2n) is 8.61. The van der Waals surface area contributed by atoms with Crippen LogP contribution in [0, 0.1) is 0 Å². The second-order valence-corrected chi connectivity index (χ2v) is 10.8. The van der Waals surface area contributed by atoms with Gasteiger partial charge in [0.25, 0.3) is 5.56 Å². The minimum absolute atomic E-state index is 0.0704. The molecule has 5 heterocycles. The maximum atomic E-state index is 13.1. The molecule has 0 unspecified atom stereocenters. The lowest BCUT2D eigenvalue weighted by molar-refractivity contribution is -0.128. The van der Waals surface area contributed by atoms with Crippen molar-refractivity contribution in [2.75, 3.05) is 38.5 Å². The van der Waals surface area contributed by atoms with Gasteiger partial charge in [0.15, 0.2) is 4.34 Å². The van der Waals surface area contributed by atoms with Crippen molar-refractivity contribution in [1.82, 2.24) is 24.4 Å². The van der Waals surface area contributed by atoms with Gasteiger partial charge in [-0.05, 0) is 25.7 Å². The predicted octanol–water partition coefficient (Wildman–Crippen LogP) is 2.18. The molecular weight excluding hydrogens is 434 g/mol. The highest BCUT2D eigenvalue weighted by Crippen LogP contribution is 2.26. The summed E-state index contributed by atoms with van der Waals surface area (Å²) in [7, 11) is 0. The van der Waals surface area contributed by atoms with E-state index in [0.717, 1.165) is 80.5 Å². The van der Waals surface area contributed by atoms with Crippen LogP contribution in [0.1, 0.15) is 49.8 Å². The first-order valence-corrected chi connectivity index (χ1v) is 13.1. The zero-order chi connectivity index (χ0) is 21.2. The van der Waals surface area contributed by atoms with Crippen molar-refractivity contribution >= 4 is 34.0 Å². The van der Waals surface area contributed by atoms with Gasteiger partial charge in [-0.25, -0.2) is 4.98 Å². The Balaban J connectivity index is 1.27. The Hall–Kier alpha value is -1.49. The fraction of sp³-hybridized carbons (Fsp3) is 0.714. The largest absolute Gasteiger partial charge is 0.377 e. The molecule has 0 aromatic carbocycles. The van der Waals surface area contributed by atoms with Gasteiger partial charge in [-0.1, -0.05) is 35.9 Å². The number of aromatic nitrogens is 3. The zero-order valence-electron chi connectivity index (χ0n) is 17.8. The second kappa shape index (κ2) is 9.56. The number of ether oxygens (including phenoxy) is 1. The summed E-state index contributed by atoms with van der Waals surface area (Å²) >= 11 is 2.82. The Bertz CT molecular complexity index is 993. The van der Waals surface area contributed by atoms with Crippen LogP contribution in [-0.2, 0) is 22.5 Å². The summed E-state index contributed by atoms with van der Waals surface area (Å²) in [5.41, 5.74) is 1.58. The zero-order valence-corrected chi connectivity index (χ0v) is 19.4. The van der Waals surface area contributed by atoms with Crippen LogP contribution in [0.25, 0.3) is 4.96 Å². The van der Waals surface area contributed by atoms with Gasteiger partial charge >= 0.3 is 0 Å². The van der Waals surface area contributed by atoms with Gasteiger partial charge in [0.2, 0.25) is 10.9 Å². The smallest absolute Gasteiger partial charge is 0.279 e. The lowest BCUT2D eigenvalue weighted by Crippen LogP contribution is -2.40. The van der Waals surface area contributed by atoms with Crippen LogP contribution in [0.4, 0.5) is 0 Å². The van der Waals surface area contributed by atoms with Gasteiger partial charge < -0.3 is 9.64 Å². The van der Waals surface area contributed by atoms with Gasteiger partial charge in [0.05, 0.1) is 23.1 Å². The molecule has 168 valence electrons. The molecule has 0 saturated carbocycles. The summed E-state index contributed by atoms with van der Waals surface area (Å²) in [6.07, 6.45) is 7.88. The van der Waals surface area contributed by atoms with Gasteiger partial charge in [-0.2, -0.15) is 4.52 Å². The summed E-state index contributed by atoms with van der Waals surface area (Å²) in [4.78, 5) is 35.3. The van der Waals surface area contributed by atoms with Crippen LogP contribution in [0.2, 0.25) is 0 Å². The van der Waals surface area contributed by atoms with Gasteiger partial charge in [-0.3, -0.25) is 14.5 Å². The maximum absolute atomic E-state index is 13.1. The molecule has 0 radical (unpaired) electrons. The molecule has 5 rings (SSSR count). The SMILES string of the molecule is O=C(CSc1nn2c(=O)c3c(nc2s1)CCN(C[C@H]1CCCO1)C3)N1CCCCCC1. The van der Waals surface area contributed by atoms with E-state index < -0.39 is 0 Å². The van der Waals surface area contributed by atoms with E-state index in [4.69, 9.17) is 9.72 Å². The molecule has 2 aromatic heterocycles. The van der Waals surface area contributed by atoms with Crippen LogP contribution < -0.4 is 5.56 Å². The average molecular weight is 464 g/mol. The van der Waals surface area contributed by atoms with Crippen molar-refractivity contribution in [1.29, 1.82) is 0 Å². The molecule has 10 heteroatoms. The van der Waals surface area contributed by atoms with E-state index in [1.165, 1.54) is 40.5 Å². The first kappa shape index (κ1) is 21.4. The summed E-state index contributed by atoms with van der Waals surface area (Å²) in [5, 5.41) is 4.49.